The van der Waals surface area contributed by atoms with Crippen LogP contribution in [0.25, 0.3) is 17.0 Å². The number of aromatic nitrogens is 1. The zero-order valence-electron chi connectivity index (χ0n) is 37.3. The second-order valence-electron chi connectivity index (χ2n) is 15.6. The van der Waals surface area contributed by atoms with E-state index in [1.165, 1.54) is 52.2 Å². The van der Waals surface area contributed by atoms with Gasteiger partial charge in [0, 0.05) is 48.4 Å². The van der Waals surface area contributed by atoms with Crippen LogP contribution in [0, 0.1) is 17.8 Å². The number of carbonyl (C=O) groups excluding carboxylic acids is 3. The first-order valence-electron chi connectivity index (χ1n) is 20.9. The first-order valence-corrected chi connectivity index (χ1v) is 20.9. The number of H-pyrrole nitrogens is 1. The van der Waals surface area contributed by atoms with E-state index in [1.54, 1.807) is 45.4 Å². The largest absolute Gasteiger partial charge is 0.497 e. The Labute approximate surface area is 369 Å². The lowest BCUT2D eigenvalue weighted by molar-refractivity contribution is -0.176. The van der Waals surface area contributed by atoms with E-state index >= 15 is 0 Å². The number of hydrogen-bond donors (Lipinski definition) is 1. The van der Waals surface area contributed by atoms with Crippen LogP contribution < -0.4 is 18.9 Å². The predicted molar refractivity (Wildman–Crippen MR) is 240 cm³/mol. The van der Waals surface area contributed by atoms with Gasteiger partial charge in [-0.2, -0.15) is 0 Å². The van der Waals surface area contributed by atoms with Crippen LogP contribution in [0.2, 0.25) is 0 Å². The van der Waals surface area contributed by atoms with Crippen molar-refractivity contribution in [2.75, 3.05) is 62.9 Å². The van der Waals surface area contributed by atoms with Gasteiger partial charge in [-0.25, -0.2) is 9.59 Å². The molecule has 3 aromatic carbocycles. The number of methoxy groups -OCH3 is 7. The Morgan fingerprint density at radius 3 is 2.19 bits per heavy atom. The number of esters is 3. The van der Waals surface area contributed by atoms with Gasteiger partial charge in [0.25, 0.3) is 0 Å². The maximum absolute atomic E-state index is 13.5. The summed E-state index contributed by atoms with van der Waals surface area (Å²) >= 11 is 0. The molecule has 3 aliphatic rings. The van der Waals surface area contributed by atoms with Crippen molar-refractivity contribution in [3.05, 3.63) is 125 Å². The lowest BCUT2D eigenvalue weighted by Crippen LogP contribution is -2.58. The lowest BCUT2D eigenvalue weighted by atomic mass is 9.63. The number of rotatable bonds is 13. The first-order chi connectivity index (χ1) is 30.5. The average Bonchev–Trinajstić information content (AvgIpc) is 3.70. The number of piperidine rings is 1. The summed E-state index contributed by atoms with van der Waals surface area (Å²) in [4.78, 5) is 44.7. The van der Waals surface area contributed by atoms with Crippen molar-refractivity contribution in [2.24, 2.45) is 17.8 Å². The summed E-state index contributed by atoms with van der Waals surface area (Å²) in [5.74, 6) is 0.109. The van der Waals surface area contributed by atoms with Crippen molar-refractivity contribution >= 4 is 34.9 Å². The molecule has 2 aliphatic heterocycles. The fourth-order valence-electron chi connectivity index (χ4n) is 9.26. The Kier molecular flexibility index (Phi) is 15.5. The van der Waals surface area contributed by atoms with Gasteiger partial charge in [0.15, 0.2) is 11.5 Å². The molecule has 0 amide bonds. The number of allylic oxidation sites excluding steroid dienone is 5. The number of nitrogens with zero attached hydrogens (tertiary/aromatic N) is 1. The number of benzene rings is 3. The molecular formula is C50H58N2O11. The minimum absolute atomic E-state index is 0.0170. The van der Waals surface area contributed by atoms with Crippen molar-refractivity contribution in [3.63, 3.8) is 0 Å². The Bertz CT molecular complexity index is 2340. The van der Waals surface area contributed by atoms with E-state index in [0.29, 0.717) is 29.2 Å². The Morgan fingerprint density at radius 1 is 0.841 bits per heavy atom. The maximum Gasteiger partial charge on any atom is 0.338 e. The van der Waals surface area contributed by atoms with Crippen molar-refractivity contribution in [3.8, 4) is 23.0 Å². The predicted octanol–water partition coefficient (Wildman–Crippen LogP) is 8.10. The van der Waals surface area contributed by atoms with E-state index in [-0.39, 0.29) is 35.4 Å². The molecule has 4 aromatic rings. The van der Waals surface area contributed by atoms with Gasteiger partial charge in [-0.05, 0) is 79.0 Å². The summed E-state index contributed by atoms with van der Waals surface area (Å²) < 4.78 is 43.8. The van der Waals surface area contributed by atoms with Crippen LogP contribution >= 0.6 is 0 Å². The summed E-state index contributed by atoms with van der Waals surface area (Å²) in [5.41, 5.74) is 6.27. The van der Waals surface area contributed by atoms with Gasteiger partial charge in [0.1, 0.15) is 18.0 Å². The van der Waals surface area contributed by atoms with Gasteiger partial charge in [-0.1, -0.05) is 67.3 Å². The number of ether oxygens (including phenoxy) is 8. The van der Waals surface area contributed by atoms with Crippen LogP contribution in [0.1, 0.15) is 53.0 Å². The number of nitrogens with one attached hydrogen (secondary N) is 1. The Morgan fingerprint density at radius 2 is 1.57 bits per heavy atom. The van der Waals surface area contributed by atoms with Crippen LogP contribution in [0.3, 0.4) is 0 Å². The summed E-state index contributed by atoms with van der Waals surface area (Å²) in [6.07, 6.45) is 10.1. The molecule has 63 heavy (non-hydrogen) atoms. The van der Waals surface area contributed by atoms with E-state index in [9.17, 15) is 14.4 Å². The lowest BCUT2D eigenvalue weighted by Gasteiger charge is -2.52. The summed E-state index contributed by atoms with van der Waals surface area (Å²) in [5, 5.41) is 1.21. The van der Waals surface area contributed by atoms with Gasteiger partial charge >= 0.3 is 17.9 Å². The molecule has 1 saturated heterocycles. The molecule has 2 fully saturated rings. The van der Waals surface area contributed by atoms with Crippen LogP contribution in [0.5, 0.6) is 23.0 Å². The topological polar surface area (TPSA) is 144 Å². The third-order valence-electron chi connectivity index (χ3n) is 12.4. The smallest absolute Gasteiger partial charge is 0.338 e. The standard InChI is InChI=1S/C33H40N2O9.C17H18O2/c1-38-19-7-8-20-21-9-10-35-16-18-13-27(44-32(36)17-11-25(39-2)30(41-4)26(12-17)40-3)31(42-5)28(33(37)43-6)22(18)15-24(35)29(21)34-23(20)14-19;1-4-5-11-16(14(2)17(18)19-3)13-12-15-9-7-6-8-10-15/h7-8,11-12,14,18,22,24,27-28,31,34H,9-10,13,15-16H2,1-6H3;4-13H,1H2,2-3H3/t18-,22+,24-,27-,28+,31+;/m1./s1. The molecule has 334 valence electrons. The van der Waals surface area contributed by atoms with Gasteiger partial charge in [-0.3, -0.25) is 9.69 Å². The third-order valence-corrected chi connectivity index (χ3v) is 12.4. The first kappa shape index (κ1) is 46.2. The maximum atomic E-state index is 13.5. The van der Waals surface area contributed by atoms with Crippen LogP contribution in [-0.2, 0) is 35.0 Å². The molecule has 3 heterocycles. The highest BCUT2D eigenvalue weighted by atomic mass is 16.6. The number of carbonyl (C=O) groups is 3. The second-order valence-corrected chi connectivity index (χ2v) is 15.6. The van der Waals surface area contributed by atoms with Crippen LogP contribution in [-0.4, -0.2) is 103 Å². The van der Waals surface area contributed by atoms with E-state index in [4.69, 9.17) is 37.9 Å². The van der Waals surface area contributed by atoms with Crippen molar-refractivity contribution < 1.29 is 52.3 Å². The van der Waals surface area contributed by atoms with E-state index in [2.05, 4.69) is 22.5 Å². The molecule has 13 nitrogen and oxygen atoms in total. The third kappa shape index (κ3) is 10.0. The second kappa shape index (κ2) is 21.2. The zero-order valence-corrected chi connectivity index (χ0v) is 37.3. The van der Waals surface area contributed by atoms with Gasteiger partial charge in [0.05, 0.1) is 60.2 Å². The van der Waals surface area contributed by atoms with E-state index in [0.717, 1.165) is 48.3 Å². The molecule has 0 bridgehead atoms. The molecule has 0 radical (unpaired) electrons. The molecule has 7 rings (SSSR count). The molecule has 0 unspecified atom stereocenters. The van der Waals surface area contributed by atoms with Crippen molar-refractivity contribution in [2.45, 2.75) is 44.4 Å². The summed E-state index contributed by atoms with van der Waals surface area (Å²) in [7, 11) is 10.5. The minimum atomic E-state index is -0.670. The van der Waals surface area contributed by atoms with Crippen LogP contribution in [0.4, 0.5) is 0 Å². The number of hydrogen-bond acceptors (Lipinski definition) is 12. The number of aromatic amines is 1. The SMILES string of the molecule is C=CC=CC(C=Cc1ccccc1)=C(C)C(=O)OC.COC(=O)[C@H]1[C@H]2C[C@@H]3c4[nH]c5cc(OC)ccc5c4CCN3C[C@H]2C[C@@H](OC(=O)c2cc(OC)c(OC)c(OC)c2)[C@@H]1OC. The highest BCUT2D eigenvalue weighted by molar-refractivity contribution is 5.92. The molecular weight excluding hydrogens is 805 g/mol. The van der Waals surface area contributed by atoms with Gasteiger partial charge in [-0.15, -0.1) is 0 Å². The Balaban J connectivity index is 0.000000292. The molecule has 1 saturated carbocycles. The fourth-order valence-corrected chi connectivity index (χ4v) is 9.26. The molecule has 6 atom stereocenters. The number of fused-ring (bicyclic) bond motifs is 6. The average molecular weight is 863 g/mol. The quantitative estimate of drug-likeness (QED) is 0.0601. The molecule has 1 aliphatic carbocycles. The van der Waals surface area contributed by atoms with E-state index in [1.807, 2.05) is 60.7 Å². The highest BCUT2D eigenvalue weighted by Crippen LogP contribution is 2.51. The highest BCUT2D eigenvalue weighted by Gasteiger charge is 2.54. The van der Waals surface area contributed by atoms with E-state index < -0.39 is 24.1 Å². The van der Waals surface area contributed by atoms with Gasteiger partial charge in [0.2, 0.25) is 5.75 Å². The monoisotopic (exact) mass is 862 g/mol. The summed E-state index contributed by atoms with van der Waals surface area (Å²) in [6, 6.07) is 19.3. The fraction of sp³-hybridized carbons (Fsp3) is 0.380. The van der Waals surface area contributed by atoms with Crippen molar-refractivity contribution in [1.82, 2.24) is 9.88 Å². The normalized spacial score (nSPS) is 22.0. The van der Waals surface area contributed by atoms with Crippen LogP contribution in [0.15, 0.2) is 103 Å². The molecule has 1 N–H and O–H groups in total. The molecule has 13 heteroatoms. The van der Waals surface area contributed by atoms with Crippen molar-refractivity contribution in [1.29, 1.82) is 0 Å². The minimum Gasteiger partial charge on any atom is -0.497 e. The molecule has 0 spiro atoms. The zero-order chi connectivity index (χ0) is 45.2. The van der Waals surface area contributed by atoms with Gasteiger partial charge < -0.3 is 42.9 Å². The Hall–Kier alpha value is -6.31. The molecule has 1 aromatic heterocycles. The summed E-state index contributed by atoms with van der Waals surface area (Å²) in [6.45, 7) is 7.05.